The maximum absolute atomic E-state index is 12.4. The van der Waals surface area contributed by atoms with Gasteiger partial charge in [-0.1, -0.05) is 35.9 Å². The monoisotopic (exact) mass is 319 g/mol. The lowest BCUT2D eigenvalue weighted by Crippen LogP contribution is -2.23. The van der Waals surface area contributed by atoms with Crippen LogP contribution in [0.5, 0.6) is 0 Å². The summed E-state index contributed by atoms with van der Waals surface area (Å²) in [6.45, 7) is 2.24. The van der Waals surface area contributed by atoms with Gasteiger partial charge in [0, 0.05) is 6.54 Å². The molecule has 5 nitrogen and oxygen atoms in total. The van der Waals surface area contributed by atoms with Crippen LogP contribution >= 0.6 is 11.7 Å². The summed E-state index contributed by atoms with van der Waals surface area (Å²) < 4.78 is 35.5. The van der Waals surface area contributed by atoms with Crippen LogP contribution in [0.4, 0.5) is 0 Å². The van der Waals surface area contributed by atoms with Gasteiger partial charge >= 0.3 is 0 Å². The van der Waals surface area contributed by atoms with E-state index in [0.29, 0.717) is 11.0 Å². The van der Waals surface area contributed by atoms with Gasteiger partial charge in [0.15, 0.2) is 0 Å². The first-order valence-corrected chi connectivity index (χ1v) is 8.54. The largest absolute Gasteiger partial charge is 0.243 e. The van der Waals surface area contributed by atoms with Gasteiger partial charge in [0.2, 0.25) is 10.0 Å². The Balaban J connectivity index is 1.87. The topological polar surface area (TPSA) is 72.0 Å². The van der Waals surface area contributed by atoms with Gasteiger partial charge in [-0.05, 0) is 24.6 Å². The van der Waals surface area contributed by atoms with Crippen molar-refractivity contribution in [3.8, 4) is 0 Å². The Morgan fingerprint density at radius 2 is 1.86 bits per heavy atom. The van der Waals surface area contributed by atoms with Crippen molar-refractivity contribution in [1.82, 2.24) is 13.5 Å². The van der Waals surface area contributed by atoms with Crippen molar-refractivity contribution in [1.29, 1.82) is 0 Å². The Morgan fingerprint density at radius 1 is 1.10 bits per heavy atom. The van der Waals surface area contributed by atoms with E-state index in [0.717, 1.165) is 22.9 Å². The van der Waals surface area contributed by atoms with E-state index in [-0.39, 0.29) is 11.4 Å². The van der Waals surface area contributed by atoms with Crippen molar-refractivity contribution < 1.29 is 8.42 Å². The van der Waals surface area contributed by atoms with E-state index in [1.165, 1.54) is 0 Å². The molecule has 0 aliphatic heterocycles. The van der Waals surface area contributed by atoms with Gasteiger partial charge in [-0.2, -0.15) is 8.75 Å². The number of benzene rings is 2. The molecule has 0 saturated heterocycles. The van der Waals surface area contributed by atoms with E-state index in [1.807, 2.05) is 31.2 Å². The summed E-state index contributed by atoms with van der Waals surface area (Å²) in [5, 5.41) is 0. The van der Waals surface area contributed by atoms with E-state index < -0.39 is 10.0 Å². The first kappa shape index (κ1) is 14.1. The summed E-state index contributed by atoms with van der Waals surface area (Å²) in [6, 6.07) is 12.7. The van der Waals surface area contributed by atoms with Crippen LogP contribution in [0.15, 0.2) is 47.4 Å². The van der Waals surface area contributed by atoms with Gasteiger partial charge in [-0.3, -0.25) is 0 Å². The van der Waals surface area contributed by atoms with E-state index in [4.69, 9.17) is 0 Å². The van der Waals surface area contributed by atoms with Gasteiger partial charge < -0.3 is 0 Å². The fourth-order valence-corrected chi connectivity index (χ4v) is 3.74. The fraction of sp³-hybridized carbons (Fsp3) is 0.143. The number of fused-ring (bicyclic) bond motifs is 1. The Bertz CT molecular complexity index is 871. The van der Waals surface area contributed by atoms with Crippen molar-refractivity contribution in [2.24, 2.45) is 0 Å². The second-order valence-electron chi connectivity index (χ2n) is 4.70. The minimum absolute atomic E-state index is 0.167. The van der Waals surface area contributed by atoms with Crippen molar-refractivity contribution in [3.05, 3.63) is 53.6 Å². The Labute approximate surface area is 127 Å². The highest BCUT2D eigenvalue weighted by Gasteiger charge is 2.19. The highest BCUT2D eigenvalue weighted by Crippen LogP contribution is 2.21. The summed E-state index contributed by atoms with van der Waals surface area (Å²) >= 11 is 1.01. The molecule has 2 aromatic carbocycles. The third kappa shape index (κ3) is 2.94. The predicted octanol–water partition coefficient (Wildman–Crippen LogP) is 2.48. The maximum atomic E-state index is 12.4. The van der Waals surface area contributed by atoms with Gasteiger partial charge in [0.1, 0.15) is 15.9 Å². The zero-order chi connectivity index (χ0) is 14.9. The molecule has 7 heteroatoms. The van der Waals surface area contributed by atoms with E-state index >= 15 is 0 Å². The Kier molecular flexibility index (Phi) is 3.71. The lowest BCUT2D eigenvalue weighted by Gasteiger charge is -2.07. The molecule has 1 aromatic heterocycles. The summed E-state index contributed by atoms with van der Waals surface area (Å²) in [5.74, 6) is 0. The second kappa shape index (κ2) is 5.51. The summed E-state index contributed by atoms with van der Waals surface area (Å²) in [5.41, 5.74) is 3.06. The molecule has 0 aliphatic rings. The highest BCUT2D eigenvalue weighted by molar-refractivity contribution is 7.89. The standard InChI is InChI=1S/C14H13N3O2S2/c1-10-5-7-11(8-6-10)9-15-21(18,19)13-4-2-3-12-14(13)17-20-16-12/h2-8,15H,9H2,1H3. The zero-order valence-electron chi connectivity index (χ0n) is 11.3. The molecule has 0 radical (unpaired) electrons. The van der Waals surface area contributed by atoms with Crippen LogP contribution in [0.1, 0.15) is 11.1 Å². The number of nitrogens with one attached hydrogen (secondary N) is 1. The molecule has 3 aromatic rings. The van der Waals surface area contributed by atoms with Gasteiger partial charge in [0.05, 0.1) is 11.7 Å². The molecular formula is C14H13N3O2S2. The first-order chi connectivity index (χ1) is 10.1. The molecule has 0 fully saturated rings. The van der Waals surface area contributed by atoms with Crippen LogP contribution in [0, 0.1) is 6.92 Å². The van der Waals surface area contributed by atoms with Crippen LogP contribution < -0.4 is 4.72 Å². The van der Waals surface area contributed by atoms with Gasteiger partial charge in [-0.25, -0.2) is 13.1 Å². The SMILES string of the molecule is Cc1ccc(CNS(=O)(=O)c2cccc3nsnc23)cc1. The number of aryl methyl sites for hydroxylation is 1. The number of sulfonamides is 1. The molecule has 0 saturated carbocycles. The van der Waals surface area contributed by atoms with Crippen LogP contribution in [-0.2, 0) is 16.6 Å². The van der Waals surface area contributed by atoms with Crippen LogP contribution in [0.2, 0.25) is 0 Å². The number of rotatable bonds is 4. The van der Waals surface area contributed by atoms with Crippen molar-refractivity contribution >= 4 is 32.8 Å². The average Bonchev–Trinajstić information content (AvgIpc) is 2.95. The quantitative estimate of drug-likeness (QED) is 0.802. The van der Waals surface area contributed by atoms with Crippen LogP contribution in [0.25, 0.3) is 11.0 Å². The number of nitrogens with zero attached hydrogens (tertiary/aromatic N) is 2. The Hall–Kier alpha value is -1.83. The third-order valence-corrected chi connectivity index (χ3v) is 5.10. The molecular weight excluding hydrogens is 306 g/mol. The van der Waals surface area contributed by atoms with Gasteiger partial charge in [0.25, 0.3) is 0 Å². The smallest absolute Gasteiger partial charge is 0.207 e. The van der Waals surface area contributed by atoms with E-state index in [1.54, 1.807) is 18.2 Å². The molecule has 0 unspecified atom stereocenters. The normalized spacial score (nSPS) is 11.9. The fourth-order valence-electron chi connectivity index (χ4n) is 1.96. The van der Waals surface area contributed by atoms with Crippen molar-refractivity contribution in [3.63, 3.8) is 0 Å². The molecule has 1 heterocycles. The molecule has 21 heavy (non-hydrogen) atoms. The Morgan fingerprint density at radius 3 is 2.62 bits per heavy atom. The zero-order valence-corrected chi connectivity index (χ0v) is 12.9. The predicted molar refractivity (Wildman–Crippen MR) is 82.6 cm³/mol. The first-order valence-electron chi connectivity index (χ1n) is 6.33. The average molecular weight is 319 g/mol. The third-order valence-electron chi connectivity index (χ3n) is 3.13. The number of hydrogen-bond donors (Lipinski definition) is 1. The van der Waals surface area contributed by atoms with Crippen molar-refractivity contribution in [2.75, 3.05) is 0 Å². The molecule has 3 rings (SSSR count). The molecule has 1 N–H and O–H groups in total. The molecule has 0 aliphatic carbocycles. The van der Waals surface area contributed by atoms with Crippen LogP contribution in [0.3, 0.4) is 0 Å². The number of hydrogen-bond acceptors (Lipinski definition) is 5. The minimum Gasteiger partial charge on any atom is -0.207 e. The van der Waals surface area contributed by atoms with Crippen LogP contribution in [-0.4, -0.2) is 17.2 Å². The highest BCUT2D eigenvalue weighted by atomic mass is 32.2. The summed E-state index contributed by atoms with van der Waals surface area (Å²) in [4.78, 5) is 0.167. The molecule has 0 atom stereocenters. The second-order valence-corrected chi connectivity index (χ2v) is 6.96. The summed E-state index contributed by atoms with van der Waals surface area (Å²) in [6.07, 6.45) is 0. The molecule has 0 spiro atoms. The molecule has 108 valence electrons. The van der Waals surface area contributed by atoms with E-state index in [9.17, 15) is 8.42 Å². The van der Waals surface area contributed by atoms with Gasteiger partial charge in [-0.15, -0.1) is 0 Å². The molecule has 0 amide bonds. The lowest BCUT2D eigenvalue weighted by atomic mass is 10.2. The maximum Gasteiger partial charge on any atom is 0.243 e. The molecule has 0 bridgehead atoms. The van der Waals surface area contributed by atoms with Crippen molar-refractivity contribution in [2.45, 2.75) is 18.4 Å². The van der Waals surface area contributed by atoms with E-state index in [2.05, 4.69) is 13.5 Å². The summed E-state index contributed by atoms with van der Waals surface area (Å²) in [7, 11) is -3.61. The minimum atomic E-state index is -3.61. The number of aromatic nitrogens is 2. The lowest BCUT2D eigenvalue weighted by molar-refractivity contribution is 0.582.